The lowest BCUT2D eigenvalue weighted by molar-refractivity contribution is 0.301. The van der Waals surface area contributed by atoms with Crippen LogP contribution in [0, 0.1) is 5.92 Å². The molecule has 0 aliphatic carbocycles. The molecule has 9 heavy (non-hydrogen) atoms. The minimum absolute atomic E-state index is 0.444. The van der Waals surface area contributed by atoms with Crippen LogP contribution in [-0.2, 0) is 0 Å². The Balaban J connectivity index is 2.51. The first-order chi connectivity index (χ1) is 4.15. The van der Waals surface area contributed by atoms with Gasteiger partial charge in [-0.3, -0.25) is 0 Å². The average Bonchev–Trinajstić information content (AvgIpc) is 2.16. The lowest BCUT2D eigenvalue weighted by Gasteiger charge is -2.28. The van der Waals surface area contributed by atoms with Crippen molar-refractivity contribution in [2.24, 2.45) is 5.92 Å². The van der Waals surface area contributed by atoms with Crippen molar-refractivity contribution >= 4 is 0 Å². The Kier molecular flexibility index (Phi) is 1.80. The van der Waals surface area contributed by atoms with Crippen molar-refractivity contribution in [3.63, 3.8) is 0 Å². The minimum Gasteiger partial charge on any atom is -0.311 e. The topological polar surface area (TPSA) is 12.0 Å². The van der Waals surface area contributed by atoms with Crippen LogP contribution in [0.15, 0.2) is 0 Å². The quantitative estimate of drug-likeness (QED) is 0.566. The third kappa shape index (κ3) is 1.26. The largest absolute Gasteiger partial charge is 0.311 e. The molecule has 1 heteroatoms. The van der Waals surface area contributed by atoms with Gasteiger partial charge < -0.3 is 5.32 Å². The van der Waals surface area contributed by atoms with Gasteiger partial charge in [-0.1, -0.05) is 13.8 Å². The van der Waals surface area contributed by atoms with Crippen molar-refractivity contribution in [1.82, 2.24) is 5.32 Å². The van der Waals surface area contributed by atoms with Crippen LogP contribution in [0.25, 0.3) is 0 Å². The predicted molar refractivity (Wildman–Crippen MR) is 40.5 cm³/mol. The summed E-state index contributed by atoms with van der Waals surface area (Å²) in [5.41, 5.74) is 0.444. The van der Waals surface area contributed by atoms with Crippen LogP contribution in [0.5, 0.6) is 0 Å². The summed E-state index contributed by atoms with van der Waals surface area (Å²) in [4.78, 5) is 0. The smallest absolute Gasteiger partial charge is 0.0176 e. The zero-order valence-corrected chi connectivity index (χ0v) is 6.70. The number of hydrogen-bond donors (Lipinski definition) is 1. The fourth-order valence-electron chi connectivity index (χ4n) is 1.41. The van der Waals surface area contributed by atoms with Gasteiger partial charge in [0.1, 0.15) is 0 Å². The summed E-state index contributed by atoms with van der Waals surface area (Å²) in [5.74, 6) is 0.778. The molecule has 0 aromatic carbocycles. The fraction of sp³-hybridized carbons (Fsp3) is 1.00. The highest BCUT2D eigenvalue weighted by Gasteiger charge is 2.30. The molecule has 0 amide bonds. The van der Waals surface area contributed by atoms with E-state index in [1.54, 1.807) is 0 Å². The van der Waals surface area contributed by atoms with E-state index in [0.29, 0.717) is 5.54 Å². The van der Waals surface area contributed by atoms with Crippen LogP contribution in [-0.4, -0.2) is 12.1 Å². The van der Waals surface area contributed by atoms with E-state index < -0.39 is 0 Å². The van der Waals surface area contributed by atoms with Gasteiger partial charge in [0.05, 0.1) is 0 Å². The summed E-state index contributed by atoms with van der Waals surface area (Å²) < 4.78 is 0. The molecular formula is C8H17N. The molecule has 1 nitrogen and oxygen atoms in total. The molecule has 1 rings (SSSR count). The summed E-state index contributed by atoms with van der Waals surface area (Å²) in [5, 5.41) is 3.53. The van der Waals surface area contributed by atoms with Crippen molar-refractivity contribution in [3.8, 4) is 0 Å². The molecule has 1 heterocycles. The SMILES string of the molecule is CC(C)C1(C)CCCN1. The monoisotopic (exact) mass is 127 g/mol. The molecule has 1 aliphatic heterocycles. The molecule has 1 saturated heterocycles. The van der Waals surface area contributed by atoms with Crippen LogP contribution in [0.4, 0.5) is 0 Å². The molecule has 0 saturated carbocycles. The van der Waals surface area contributed by atoms with Crippen molar-refractivity contribution < 1.29 is 0 Å². The van der Waals surface area contributed by atoms with E-state index >= 15 is 0 Å². The Morgan fingerprint density at radius 3 is 2.33 bits per heavy atom. The van der Waals surface area contributed by atoms with Crippen LogP contribution in [0.1, 0.15) is 33.6 Å². The van der Waals surface area contributed by atoms with Gasteiger partial charge in [-0.15, -0.1) is 0 Å². The maximum Gasteiger partial charge on any atom is 0.0176 e. The molecule has 0 bridgehead atoms. The van der Waals surface area contributed by atoms with E-state index in [1.807, 2.05) is 0 Å². The van der Waals surface area contributed by atoms with E-state index in [2.05, 4.69) is 26.1 Å². The third-order valence-corrected chi connectivity index (χ3v) is 2.68. The van der Waals surface area contributed by atoms with Gasteiger partial charge in [-0.2, -0.15) is 0 Å². The second-order valence-electron chi connectivity index (χ2n) is 3.60. The van der Waals surface area contributed by atoms with Crippen molar-refractivity contribution in [1.29, 1.82) is 0 Å². The summed E-state index contributed by atoms with van der Waals surface area (Å²) in [6.07, 6.45) is 2.71. The van der Waals surface area contributed by atoms with Gasteiger partial charge in [-0.25, -0.2) is 0 Å². The van der Waals surface area contributed by atoms with E-state index in [9.17, 15) is 0 Å². The summed E-state index contributed by atoms with van der Waals surface area (Å²) in [7, 11) is 0. The minimum atomic E-state index is 0.444. The first-order valence-electron chi connectivity index (χ1n) is 3.90. The van der Waals surface area contributed by atoms with Crippen molar-refractivity contribution in [3.05, 3.63) is 0 Å². The van der Waals surface area contributed by atoms with Gasteiger partial charge in [0, 0.05) is 5.54 Å². The average molecular weight is 127 g/mol. The third-order valence-electron chi connectivity index (χ3n) is 2.68. The Bertz CT molecular complexity index is 90.7. The van der Waals surface area contributed by atoms with E-state index in [4.69, 9.17) is 0 Å². The number of rotatable bonds is 1. The van der Waals surface area contributed by atoms with Gasteiger partial charge in [0.2, 0.25) is 0 Å². The normalized spacial score (nSPS) is 36.0. The first kappa shape index (κ1) is 7.07. The molecule has 1 unspecified atom stereocenters. The molecule has 0 aromatic heterocycles. The number of hydrogen-bond acceptors (Lipinski definition) is 1. The highest BCUT2D eigenvalue weighted by Crippen LogP contribution is 2.26. The Hall–Kier alpha value is -0.0400. The molecule has 1 fully saturated rings. The first-order valence-corrected chi connectivity index (χ1v) is 3.90. The molecule has 1 aliphatic rings. The van der Waals surface area contributed by atoms with Crippen LogP contribution >= 0.6 is 0 Å². The highest BCUT2D eigenvalue weighted by molar-refractivity contribution is 4.90. The van der Waals surface area contributed by atoms with Gasteiger partial charge in [0.15, 0.2) is 0 Å². The summed E-state index contributed by atoms with van der Waals surface area (Å²) in [6, 6.07) is 0. The Morgan fingerprint density at radius 2 is 2.11 bits per heavy atom. The van der Waals surface area contributed by atoms with Crippen molar-refractivity contribution in [2.45, 2.75) is 39.2 Å². The fourth-order valence-corrected chi connectivity index (χ4v) is 1.41. The molecule has 54 valence electrons. The second-order valence-corrected chi connectivity index (χ2v) is 3.60. The van der Waals surface area contributed by atoms with Crippen LogP contribution < -0.4 is 5.32 Å². The predicted octanol–water partition coefficient (Wildman–Crippen LogP) is 1.78. The van der Waals surface area contributed by atoms with E-state index in [0.717, 1.165) is 5.92 Å². The Labute approximate surface area is 57.8 Å². The van der Waals surface area contributed by atoms with E-state index in [1.165, 1.54) is 19.4 Å². The highest BCUT2D eigenvalue weighted by atomic mass is 15.0. The maximum absolute atomic E-state index is 3.53. The molecule has 1 atom stereocenters. The van der Waals surface area contributed by atoms with Crippen molar-refractivity contribution in [2.75, 3.05) is 6.54 Å². The zero-order chi connectivity index (χ0) is 6.91. The van der Waals surface area contributed by atoms with Gasteiger partial charge in [-0.05, 0) is 32.2 Å². The Morgan fingerprint density at radius 1 is 1.44 bits per heavy atom. The maximum atomic E-state index is 3.53. The summed E-state index contributed by atoms with van der Waals surface area (Å²) >= 11 is 0. The van der Waals surface area contributed by atoms with Gasteiger partial charge >= 0.3 is 0 Å². The zero-order valence-electron chi connectivity index (χ0n) is 6.70. The summed E-state index contributed by atoms with van der Waals surface area (Å²) in [6.45, 7) is 8.12. The lowest BCUT2D eigenvalue weighted by atomic mass is 9.87. The van der Waals surface area contributed by atoms with Crippen LogP contribution in [0.2, 0.25) is 0 Å². The molecule has 0 aromatic rings. The standard InChI is InChI=1S/C8H17N/c1-7(2)8(3)5-4-6-9-8/h7,9H,4-6H2,1-3H3. The molecular weight excluding hydrogens is 110 g/mol. The van der Waals surface area contributed by atoms with Gasteiger partial charge in [0.25, 0.3) is 0 Å². The lowest BCUT2D eigenvalue weighted by Crippen LogP contribution is -2.41. The number of nitrogens with one attached hydrogen (secondary N) is 1. The molecule has 0 radical (unpaired) electrons. The van der Waals surface area contributed by atoms with E-state index in [-0.39, 0.29) is 0 Å². The molecule has 0 spiro atoms. The second kappa shape index (κ2) is 2.30. The van der Waals surface area contributed by atoms with Crippen LogP contribution in [0.3, 0.4) is 0 Å². The molecule has 1 N–H and O–H groups in total.